The number of nitrogens with zero attached hydrogens (tertiary/aromatic N) is 1. The molecule has 0 radical (unpaired) electrons. The molecule has 1 amide bonds. The van der Waals surface area contributed by atoms with E-state index in [1.807, 2.05) is 6.92 Å². The van der Waals surface area contributed by atoms with Crippen LogP contribution in [0.3, 0.4) is 0 Å². The standard InChI is InChI=1S/C14H17ClFNO3S/c1-10-7-17(4-5-21(19)9-10)14(18)8-20-13-3-2-11(16)6-12(13)15/h2-3,6,10H,4-5,7-9H2,1H3/t10-,21+/m0/s1. The van der Waals surface area contributed by atoms with Crippen molar-refractivity contribution in [3.63, 3.8) is 0 Å². The van der Waals surface area contributed by atoms with Gasteiger partial charge in [0.2, 0.25) is 0 Å². The fourth-order valence-electron chi connectivity index (χ4n) is 2.18. The van der Waals surface area contributed by atoms with Crippen molar-refractivity contribution in [1.82, 2.24) is 4.90 Å². The molecule has 0 aliphatic carbocycles. The van der Waals surface area contributed by atoms with Crippen LogP contribution in [0.4, 0.5) is 4.39 Å². The Kier molecular flexibility index (Phi) is 5.58. The molecule has 0 saturated carbocycles. The average Bonchev–Trinajstić information content (AvgIpc) is 2.58. The Balaban J connectivity index is 1.93. The predicted molar refractivity (Wildman–Crippen MR) is 80.5 cm³/mol. The van der Waals surface area contributed by atoms with Crippen molar-refractivity contribution in [3.05, 3.63) is 29.0 Å². The lowest BCUT2D eigenvalue weighted by Crippen LogP contribution is -2.38. The van der Waals surface area contributed by atoms with E-state index >= 15 is 0 Å². The summed E-state index contributed by atoms with van der Waals surface area (Å²) >= 11 is 5.84. The van der Waals surface area contributed by atoms with Crippen LogP contribution in [0.2, 0.25) is 5.02 Å². The Bertz CT molecular complexity index is 555. The third kappa shape index (κ3) is 4.68. The molecular formula is C14H17ClFNO3S. The summed E-state index contributed by atoms with van der Waals surface area (Å²) in [6.07, 6.45) is 0. The summed E-state index contributed by atoms with van der Waals surface area (Å²) in [7, 11) is -0.869. The molecule has 1 aromatic rings. The van der Waals surface area contributed by atoms with Crippen molar-refractivity contribution in [2.75, 3.05) is 31.2 Å². The first-order valence-corrected chi connectivity index (χ1v) is 8.53. The fraction of sp³-hybridized carbons (Fsp3) is 0.500. The number of rotatable bonds is 3. The van der Waals surface area contributed by atoms with E-state index in [0.717, 1.165) is 6.07 Å². The Morgan fingerprint density at radius 2 is 2.33 bits per heavy atom. The summed E-state index contributed by atoms with van der Waals surface area (Å²) in [6, 6.07) is 3.76. The Morgan fingerprint density at radius 3 is 3.05 bits per heavy atom. The zero-order valence-electron chi connectivity index (χ0n) is 11.7. The molecule has 2 rings (SSSR count). The first-order chi connectivity index (χ1) is 9.95. The lowest BCUT2D eigenvalue weighted by molar-refractivity contribution is -0.133. The minimum Gasteiger partial charge on any atom is -0.482 e. The molecule has 0 spiro atoms. The largest absolute Gasteiger partial charge is 0.482 e. The van der Waals surface area contributed by atoms with E-state index in [0.29, 0.717) is 24.6 Å². The number of hydrogen-bond acceptors (Lipinski definition) is 3. The highest BCUT2D eigenvalue weighted by atomic mass is 35.5. The van der Waals surface area contributed by atoms with Crippen LogP contribution < -0.4 is 4.74 Å². The summed E-state index contributed by atoms with van der Waals surface area (Å²) in [4.78, 5) is 13.8. The Labute approximate surface area is 130 Å². The number of ether oxygens (including phenoxy) is 1. The average molecular weight is 334 g/mol. The number of carbonyl (C=O) groups excluding carboxylic acids is 1. The van der Waals surface area contributed by atoms with E-state index in [-0.39, 0.29) is 29.2 Å². The van der Waals surface area contributed by atoms with Gasteiger partial charge < -0.3 is 9.64 Å². The minimum atomic E-state index is -0.869. The van der Waals surface area contributed by atoms with Crippen LogP contribution >= 0.6 is 11.6 Å². The van der Waals surface area contributed by atoms with Crippen molar-refractivity contribution in [3.8, 4) is 5.75 Å². The maximum atomic E-state index is 12.9. The molecule has 0 unspecified atom stereocenters. The number of benzene rings is 1. The molecule has 2 atom stereocenters. The Morgan fingerprint density at radius 1 is 1.57 bits per heavy atom. The SMILES string of the molecule is C[C@H]1CN(C(=O)COc2ccc(F)cc2Cl)CC[S@@](=O)C1. The first kappa shape index (κ1) is 16.2. The van der Waals surface area contributed by atoms with Gasteiger partial charge in [0.1, 0.15) is 11.6 Å². The van der Waals surface area contributed by atoms with Crippen LogP contribution in [-0.4, -0.2) is 46.2 Å². The van der Waals surface area contributed by atoms with Gasteiger partial charge in [-0.05, 0) is 24.1 Å². The lowest BCUT2D eigenvalue weighted by atomic mass is 10.2. The lowest BCUT2D eigenvalue weighted by Gasteiger charge is -2.22. The normalized spacial score (nSPS) is 22.7. The highest BCUT2D eigenvalue weighted by Gasteiger charge is 2.23. The van der Waals surface area contributed by atoms with Gasteiger partial charge in [0.15, 0.2) is 6.61 Å². The summed E-state index contributed by atoms with van der Waals surface area (Å²) in [5.41, 5.74) is 0. The first-order valence-electron chi connectivity index (χ1n) is 6.66. The van der Waals surface area contributed by atoms with E-state index in [1.54, 1.807) is 4.90 Å². The maximum absolute atomic E-state index is 12.9. The number of hydrogen-bond donors (Lipinski definition) is 0. The summed E-state index contributed by atoms with van der Waals surface area (Å²) in [6.45, 7) is 2.85. The van der Waals surface area contributed by atoms with Crippen molar-refractivity contribution < 1.29 is 18.1 Å². The summed E-state index contributed by atoms with van der Waals surface area (Å²) in [5.74, 6) is 0.954. The highest BCUT2D eigenvalue weighted by molar-refractivity contribution is 7.85. The molecule has 1 aromatic carbocycles. The van der Waals surface area contributed by atoms with Crippen molar-refractivity contribution in [2.45, 2.75) is 6.92 Å². The molecular weight excluding hydrogens is 317 g/mol. The molecule has 1 aliphatic heterocycles. The van der Waals surface area contributed by atoms with Gasteiger partial charge in [-0.25, -0.2) is 4.39 Å². The van der Waals surface area contributed by atoms with E-state index in [9.17, 15) is 13.4 Å². The molecule has 1 heterocycles. The smallest absolute Gasteiger partial charge is 0.260 e. The maximum Gasteiger partial charge on any atom is 0.260 e. The second-order valence-corrected chi connectivity index (χ2v) is 7.15. The Hall–Kier alpha value is -1.14. The second-order valence-electron chi connectivity index (χ2n) is 5.12. The molecule has 1 saturated heterocycles. The third-order valence-corrected chi connectivity index (χ3v) is 5.06. The molecule has 21 heavy (non-hydrogen) atoms. The minimum absolute atomic E-state index is 0.133. The molecule has 0 bridgehead atoms. The number of halogens is 2. The molecule has 7 heteroatoms. The van der Waals surface area contributed by atoms with E-state index in [2.05, 4.69) is 0 Å². The van der Waals surface area contributed by atoms with Crippen LogP contribution in [0.15, 0.2) is 18.2 Å². The van der Waals surface area contributed by atoms with Crippen LogP contribution in [0.1, 0.15) is 6.92 Å². The predicted octanol–water partition coefficient (Wildman–Crippen LogP) is 2.08. The zero-order valence-corrected chi connectivity index (χ0v) is 13.3. The molecule has 4 nitrogen and oxygen atoms in total. The summed E-state index contributed by atoms with van der Waals surface area (Å²) < 4.78 is 29.9. The van der Waals surface area contributed by atoms with Crippen LogP contribution in [0.5, 0.6) is 5.75 Å². The van der Waals surface area contributed by atoms with Gasteiger partial charge in [-0.1, -0.05) is 18.5 Å². The van der Waals surface area contributed by atoms with Gasteiger partial charge in [-0.15, -0.1) is 0 Å². The van der Waals surface area contributed by atoms with Gasteiger partial charge in [-0.2, -0.15) is 0 Å². The van der Waals surface area contributed by atoms with E-state index in [1.165, 1.54) is 12.1 Å². The van der Waals surface area contributed by atoms with Crippen molar-refractivity contribution in [2.24, 2.45) is 5.92 Å². The number of amides is 1. The molecule has 0 aromatic heterocycles. The van der Waals surface area contributed by atoms with Crippen LogP contribution in [0.25, 0.3) is 0 Å². The van der Waals surface area contributed by atoms with Crippen LogP contribution in [0, 0.1) is 11.7 Å². The zero-order chi connectivity index (χ0) is 15.4. The topological polar surface area (TPSA) is 46.6 Å². The quantitative estimate of drug-likeness (QED) is 0.851. The molecule has 1 fully saturated rings. The van der Waals surface area contributed by atoms with Gasteiger partial charge in [0.05, 0.1) is 5.02 Å². The van der Waals surface area contributed by atoms with Crippen molar-refractivity contribution in [1.29, 1.82) is 0 Å². The molecule has 0 N–H and O–H groups in total. The molecule has 116 valence electrons. The van der Waals surface area contributed by atoms with E-state index in [4.69, 9.17) is 16.3 Å². The van der Waals surface area contributed by atoms with Gasteiger partial charge in [0, 0.05) is 35.4 Å². The number of carbonyl (C=O) groups is 1. The van der Waals surface area contributed by atoms with Crippen molar-refractivity contribution >= 4 is 28.3 Å². The molecule has 1 aliphatic rings. The summed E-state index contributed by atoms with van der Waals surface area (Å²) in [5, 5.41) is 0.133. The van der Waals surface area contributed by atoms with Gasteiger partial charge >= 0.3 is 0 Å². The van der Waals surface area contributed by atoms with E-state index < -0.39 is 16.6 Å². The highest BCUT2D eigenvalue weighted by Crippen LogP contribution is 2.24. The monoisotopic (exact) mass is 333 g/mol. The van der Waals surface area contributed by atoms with Crippen LogP contribution in [-0.2, 0) is 15.6 Å². The third-order valence-electron chi connectivity index (χ3n) is 3.19. The fourth-order valence-corrected chi connectivity index (χ4v) is 3.74. The van der Waals surface area contributed by atoms with Gasteiger partial charge in [0.25, 0.3) is 5.91 Å². The van der Waals surface area contributed by atoms with Gasteiger partial charge in [-0.3, -0.25) is 9.00 Å². The second kappa shape index (κ2) is 7.22.